The Bertz CT molecular complexity index is 1380. The lowest BCUT2D eigenvalue weighted by Gasteiger charge is -2.31. The molecule has 2 N–H and O–H groups in total. The Morgan fingerprint density at radius 1 is 0.970 bits per heavy atom. The lowest BCUT2D eigenvalue weighted by atomic mass is 9.91. The standard InChI is InChI=1S/C28H25N3O2/c1-18-23(27(19-9-3-2-4-10-19)22-11-5-6-14-24(22)30-18)17-26(32)31-16-8-13-20-21(28(29)33)12-7-15-25(20)31/h2-7,9-12,14-15H,8,13,16-17H2,1H3,(H2,29,33). The molecule has 0 saturated carbocycles. The molecule has 0 atom stereocenters. The van der Waals surface area contributed by atoms with Gasteiger partial charge in [0.05, 0.1) is 11.9 Å². The molecule has 2 amide bonds. The van der Waals surface area contributed by atoms with Crippen molar-refractivity contribution in [3.05, 3.63) is 95.2 Å². The summed E-state index contributed by atoms with van der Waals surface area (Å²) >= 11 is 0. The van der Waals surface area contributed by atoms with Crippen molar-refractivity contribution in [1.29, 1.82) is 0 Å². The van der Waals surface area contributed by atoms with Gasteiger partial charge in [0.2, 0.25) is 11.8 Å². The fraction of sp³-hybridized carbons (Fsp3) is 0.179. The van der Waals surface area contributed by atoms with E-state index < -0.39 is 5.91 Å². The van der Waals surface area contributed by atoms with E-state index in [-0.39, 0.29) is 12.3 Å². The summed E-state index contributed by atoms with van der Waals surface area (Å²) in [5.41, 5.74) is 12.6. The number of aromatic nitrogens is 1. The first-order chi connectivity index (χ1) is 16.0. The van der Waals surface area contributed by atoms with Gasteiger partial charge in [0.1, 0.15) is 0 Å². The van der Waals surface area contributed by atoms with E-state index in [2.05, 4.69) is 18.2 Å². The Morgan fingerprint density at radius 3 is 2.52 bits per heavy atom. The normalized spacial score (nSPS) is 13.1. The number of hydrogen-bond acceptors (Lipinski definition) is 3. The van der Waals surface area contributed by atoms with Gasteiger partial charge in [-0.3, -0.25) is 14.6 Å². The molecule has 1 aliphatic rings. The second-order valence-electron chi connectivity index (χ2n) is 8.43. The minimum atomic E-state index is -0.456. The Balaban J connectivity index is 1.60. The maximum Gasteiger partial charge on any atom is 0.249 e. The number of fused-ring (bicyclic) bond motifs is 2. The predicted octanol–water partition coefficient (Wildman–Crippen LogP) is 4.83. The van der Waals surface area contributed by atoms with Crippen LogP contribution < -0.4 is 10.6 Å². The van der Waals surface area contributed by atoms with E-state index in [1.54, 1.807) is 17.0 Å². The predicted molar refractivity (Wildman–Crippen MR) is 131 cm³/mol. The van der Waals surface area contributed by atoms with Crippen LogP contribution in [0.1, 0.15) is 33.6 Å². The summed E-state index contributed by atoms with van der Waals surface area (Å²) in [5.74, 6) is -0.461. The fourth-order valence-electron chi connectivity index (χ4n) is 4.89. The van der Waals surface area contributed by atoms with E-state index in [1.807, 2.05) is 49.4 Å². The highest BCUT2D eigenvalue weighted by molar-refractivity contribution is 6.03. The van der Waals surface area contributed by atoms with Crippen molar-refractivity contribution in [1.82, 2.24) is 4.98 Å². The van der Waals surface area contributed by atoms with Crippen molar-refractivity contribution >= 4 is 28.4 Å². The van der Waals surface area contributed by atoms with Gasteiger partial charge in [-0.25, -0.2) is 0 Å². The van der Waals surface area contributed by atoms with Gasteiger partial charge in [0.25, 0.3) is 0 Å². The summed E-state index contributed by atoms with van der Waals surface area (Å²) in [6, 6.07) is 23.7. The number of primary amides is 1. The lowest BCUT2D eigenvalue weighted by molar-refractivity contribution is -0.118. The molecule has 0 aliphatic carbocycles. The van der Waals surface area contributed by atoms with E-state index in [1.165, 1.54) is 0 Å². The number of carbonyl (C=O) groups is 2. The molecule has 0 fully saturated rings. The molecule has 3 aromatic carbocycles. The van der Waals surface area contributed by atoms with Crippen LogP contribution in [0.3, 0.4) is 0 Å². The monoisotopic (exact) mass is 435 g/mol. The minimum absolute atomic E-state index is 0.00469. The van der Waals surface area contributed by atoms with Crippen LogP contribution >= 0.6 is 0 Å². The highest BCUT2D eigenvalue weighted by atomic mass is 16.2. The smallest absolute Gasteiger partial charge is 0.249 e. The molecular formula is C28H25N3O2. The Kier molecular flexibility index (Phi) is 5.38. The van der Waals surface area contributed by atoms with E-state index in [0.717, 1.165) is 57.4 Å². The molecule has 5 heteroatoms. The van der Waals surface area contributed by atoms with Crippen LogP contribution in [0.4, 0.5) is 5.69 Å². The molecule has 0 radical (unpaired) electrons. The van der Waals surface area contributed by atoms with Crippen molar-refractivity contribution in [2.24, 2.45) is 5.73 Å². The number of hydrogen-bond donors (Lipinski definition) is 1. The third kappa shape index (κ3) is 3.76. The first-order valence-electron chi connectivity index (χ1n) is 11.2. The summed E-state index contributed by atoms with van der Waals surface area (Å²) in [6.07, 6.45) is 1.77. The maximum atomic E-state index is 13.7. The molecule has 0 spiro atoms. The van der Waals surface area contributed by atoms with Gasteiger partial charge in [0, 0.05) is 28.9 Å². The third-order valence-corrected chi connectivity index (χ3v) is 6.41. The molecule has 0 bridgehead atoms. The third-order valence-electron chi connectivity index (χ3n) is 6.41. The number of anilines is 1. The van der Waals surface area contributed by atoms with Gasteiger partial charge in [-0.2, -0.15) is 0 Å². The second kappa shape index (κ2) is 8.51. The van der Waals surface area contributed by atoms with E-state index in [0.29, 0.717) is 12.1 Å². The summed E-state index contributed by atoms with van der Waals surface area (Å²) < 4.78 is 0. The van der Waals surface area contributed by atoms with Crippen LogP contribution in [0.25, 0.3) is 22.0 Å². The van der Waals surface area contributed by atoms with Crippen LogP contribution in [0, 0.1) is 6.92 Å². The highest BCUT2D eigenvalue weighted by Gasteiger charge is 2.27. The number of amides is 2. The zero-order valence-electron chi connectivity index (χ0n) is 18.5. The highest BCUT2D eigenvalue weighted by Crippen LogP contribution is 2.35. The van der Waals surface area contributed by atoms with Crippen molar-refractivity contribution in [3.8, 4) is 11.1 Å². The van der Waals surface area contributed by atoms with Gasteiger partial charge < -0.3 is 10.6 Å². The van der Waals surface area contributed by atoms with Crippen LogP contribution in [-0.4, -0.2) is 23.3 Å². The quantitative estimate of drug-likeness (QED) is 0.499. The number of nitrogens with two attached hydrogens (primary N) is 1. The largest absolute Gasteiger partial charge is 0.366 e. The number of carbonyl (C=O) groups excluding carboxylic acids is 2. The summed E-state index contributed by atoms with van der Waals surface area (Å²) in [6.45, 7) is 2.59. The SMILES string of the molecule is Cc1nc2ccccc2c(-c2ccccc2)c1CC(=O)N1CCCc2c(C(N)=O)cccc21. The first kappa shape index (κ1) is 20.9. The van der Waals surface area contributed by atoms with E-state index in [4.69, 9.17) is 10.7 Å². The van der Waals surface area contributed by atoms with Crippen LogP contribution in [0.2, 0.25) is 0 Å². The number of aryl methyl sites for hydroxylation is 1. The van der Waals surface area contributed by atoms with Gasteiger partial charge in [0.15, 0.2) is 0 Å². The molecule has 0 unspecified atom stereocenters. The molecule has 0 saturated heterocycles. The zero-order valence-corrected chi connectivity index (χ0v) is 18.5. The number of nitrogens with zero attached hydrogens (tertiary/aromatic N) is 2. The molecule has 2 heterocycles. The number of rotatable bonds is 4. The molecule has 1 aliphatic heterocycles. The molecule has 5 rings (SSSR count). The van der Waals surface area contributed by atoms with Gasteiger partial charge in [-0.15, -0.1) is 0 Å². The Labute approximate surface area is 192 Å². The Hall–Kier alpha value is -3.99. The van der Waals surface area contributed by atoms with E-state index in [9.17, 15) is 9.59 Å². The number of pyridine rings is 1. The second-order valence-corrected chi connectivity index (χ2v) is 8.43. The van der Waals surface area contributed by atoms with Crippen molar-refractivity contribution < 1.29 is 9.59 Å². The summed E-state index contributed by atoms with van der Waals surface area (Å²) in [4.78, 5) is 32.2. The summed E-state index contributed by atoms with van der Waals surface area (Å²) in [7, 11) is 0. The van der Waals surface area contributed by atoms with Crippen LogP contribution in [-0.2, 0) is 17.6 Å². The molecule has 164 valence electrons. The average molecular weight is 436 g/mol. The fourth-order valence-corrected chi connectivity index (χ4v) is 4.89. The topological polar surface area (TPSA) is 76.3 Å². The zero-order chi connectivity index (χ0) is 22.9. The molecule has 33 heavy (non-hydrogen) atoms. The molecule has 1 aromatic heterocycles. The van der Waals surface area contributed by atoms with Gasteiger partial charge in [-0.05, 0) is 60.2 Å². The Morgan fingerprint density at radius 2 is 1.73 bits per heavy atom. The van der Waals surface area contributed by atoms with E-state index >= 15 is 0 Å². The maximum absolute atomic E-state index is 13.7. The minimum Gasteiger partial charge on any atom is -0.366 e. The van der Waals surface area contributed by atoms with Gasteiger partial charge >= 0.3 is 0 Å². The van der Waals surface area contributed by atoms with Gasteiger partial charge in [-0.1, -0.05) is 54.6 Å². The number of benzene rings is 3. The molecule has 5 nitrogen and oxygen atoms in total. The van der Waals surface area contributed by atoms with Crippen molar-refractivity contribution in [3.63, 3.8) is 0 Å². The number of para-hydroxylation sites is 1. The van der Waals surface area contributed by atoms with Crippen molar-refractivity contribution in [2.45, 2.75) is 26.2 Å². The average Bonchev–Trinajstić information content (AvgIpc) is 2.84. The van der Waals surface area contributed by atoms with Crippen LogP contribution in [0.15, 0.2) is 72.8 Å². The lowest BCUT2D eigenvalue weighted by Crippen LogP contribution is -2.37. The first-order valence-corrected chi connectivity index (χ1v) is 11.2. The molecular weight excluding hydrogens is 410 g/mol. The van der Waals surface area contributed by atoms with Crippen LogP contribution in [0.5, 0.6) is 0 Å². The summed E-state index contributed by atoms with van der Waals surface area (Å²) in [5, 5.41) is 1.03. The molecule has 4 aromatic rings. The van der Waals surface area contributed by atoms with Crippen molar-refractivity contribution in [2.75, 3.05) is 11.4 Å².